The highest BCUT2D eigenvalue weighted by Gasteiger charge is 2.13. The summed E-state index contributed by atoms with van der Waals surface area (Å²) < 4.78 is 11.3. The van der Waals surface area contributed by atoms with E-state index in [1.54, 1.807) is 12.1 Å². The van der Waals surface area contributed by atoms with Gasteiger partial charge in [0.15, 0.2) is 12.1 Å². The molecule has 1 aliphatic rings. The van der Waals surface area contributed by atoms with Gasteiger partial charge >= 0.3 is 0 Å². The summed E-state index contributed by atoms with van der Waals surface area (Å²) in [5.74, 6) is 0.934. The molecule has 1 fully saturated rings. The molecule has 0 bridgehead atoms. The third-order valence-electron chi connectivity index (χ3n) is 4.38. The van der Waals surface area contributed by atoms with E-state index in [0.717, 1.165) is 62.9 Å². The lowest BCUT2D eigenvalue weighted by molar-refractivity contribution is -0.162. The van der Waals surface area contributed by atoms with Gasteiger partial charge in [-0.1, -0.05) is 6.42 Å². The van der Waals surface area contributed by atoms with Crippen LogP contribution in [0, 0.1) is 0 Å². The Morgan fingerprint density at radius 2 is 1.84 bits per heavy atom. The number of hydrogen-bond acceptors (Lipinski definition) is 5. The van der Waals surface area contributed by atoms with Gasteiger partial charge in [-0.25, -0.2) is 9.97 Å². The Hall–Kier alpha value is -1.98. The summed E-state index contributed by atoms with van der Waals surface area (Å²) in [5, 5.41) is 9.32. The van der Waals surface area contributed by atoms with Crippen molar-refractivity contribution >= 4 is 0 Å². The van der Waals surface area contributed by atoms with E-state index < -0.39 is 0 Å². The van der Waals surface area contributed by atoms with E-state index in [-0.39, 0.29) is 12.0 Å². The number of rotatable bonds is 8. The average Bonchev–Trinajstić information content (AvgIpc) is 2.67. The van der Waals surface area contributed by atoms with Crippen LogP contribution in [0.25, 0.3) is 11.4 Å². The first-order valence-electron chi connectivity index (χ1n) is 9.15. The molecule has 2 heterocycles. The van der Waals surface area contributed by atoms with Crippen molar-refractivity contribution in [3.63, 3.8) is 0 Å². The zero-order valence-corrected chi connectivity index (χ0v) is 14.6. The van der Waals surface area contributed by atoms with Crippen molar-refractivity contribution in [3.05, 3.63) is 42.2 Å². The maximum atomic E-state index is 9.32. The minimum Gasteiger partial charge on any atom is -0.508 e. The first-order valence-corrected chi connectivity index (χ1v) is 9.15. The standard InChI is InChI=1S/C20H26N2O3/c23-18-10-8-17(9-11-18)20-21-14-16(15-22-20)6-2-1-4-12-24-19-7-3-5-13-25-19/h8-11,14-15,19,23H,1-7,12-13H2. The molecule has 1 unspecified atom stereocenters. The van der Waals surface area contributed by atoms with Crippen LogP contribution in [0.15, 0.2) is 36.7 Å². The van der Waals surface area contributed by atoms with E-state index in [2.05, 4.69) is 9.97 Å². The van der Waals surface area contributed by atoms with Crippen molar-refractivity contribution in [3.8, 4) is 17.1 Å². The minimum absolute atomic E-state index is 0.0228. The van der Waals surface area contributed by atoms with Gasteiger partial charge in [0.25, 0.3) is 0 Å². The molecule has 1 atom stereocenters. The fourth-order valence-electron chi connectivity index (χ4n) is 2.91. The summed E-state index contributed by atoms with van der Waals surface area (Å²) in [6.45, 7) is 1.62. The quantitative estimate of drug-likeness (QED) is 0.732. The van der Waals surface area contributed by atoms with Crippen molar-refractivity contribution in [1.82, 2.24) is 9.97 Å². The van der Waals surface area contributed by atoms with Crippen LogP contribution in [-0.2, 0) is 15.9 Å². The molecule has 5 heteroatoms. The Bertz CT molecular complexity index is 622. The first kappa shape index (κ1) is 17.8. The van der Waals surface area contributed by atoms with Crippen LogP contribution in [0.2, 0.25) is 0 Å². The zero-order valence-electron chi connectivity index (χ0n) is 14.6. The number of aryl methyl sites for hydroxylation is 1. The topological polar surface area (TPSA) is 64.5 Å². The van der Waals surface area contributed by atoms with Crippen molar-refractivity contribution < 1.29 is 14.6 Å². The Kier molecular flexibility index (Phi) is 6.77. The highest BCUT2D eigenvalue weighted by molar-refractivity contribution is 5.55. The Balaban J connectivity index is 1.34. The second kappa shape index (κ2) is 9.49. The van der Waals surface area contributed by atoms with Gasteiger partial charge in [-0.2, -0.15) is 0 Å². The van der Waals surface area contributed by atoms with E-state index in [9.17, 15) is 5.11 Å². The fraction of sp³-hybridized carbons (Fsp3) is 0.500. The molecule has 1 aromatic heterocycles. The zero-order chi connectivity index (χ0) is 17.3. The monoisotopic (exact) mass is 342 g/mol. The van der Waals surface area contributed by atoms with E-state index in [4.69, 9.17) is 9.47 Å². The van der Waals surface area contributed by atoms with E-state index in [1.165, 1.54) is 6.42 Å². The van der Waals surface area contributed by atoms with Crippen molar-refractivity contribution in [2.45, 2.75) is 51.2 Å². The highest BCUT2D eigenvalue weighted by atomic mass is 16.7. The van der Waals surface area contributed by atoms with Gasteiger partial charge in [0, 0.05) is 31.2 Å². The molecule has 1 aromatic carbocycles. The maximum absolute atomic E-state index is 9.32. The van der Waals surface area contributed by atoms with Crippen molar-refractivity contribution in [1.29, 1.82) is 0 Å². The molecule has 1 aliphatic heterocycles. The van der Waals surface area contributed by atoms with Crippen LogP contribution in [-0.4, -0.2) is 34.6 Å². The largest absolute Gasteiger partial charge is 0.508 e. The molecule has 0 amide bonds. The third kappa shape index (κ3) is 5.80. The Morgan fingerprint density at radius 3 is 2.56 bits per heavy atom. The van der Waals surface area contributed by atoms with Crippen LogP contribution < -0.4 is 0 Å². The van der Waals surface area contributed by atoms with Gasteiger partial charge in [-0.3, -0.25) is 0 Å². The molecule has 1 saturated heterocycles. The molecule has 3 rings (SSSR count). The molecule has 2 aromatic rings. The number of phenolic OH excluding ortho intramolecular Hbond substituents is 1. The smallest absolute Gasteiger partial charge is 0.159 e. The molecule has 0 spiro atoms. The summed E-state index contributed by atoms with van der Waals surface area (Å²) >= 11 is 0. The summed E-state index contributed by atoms with van der Waals surface area (Å²) in [6.07, 6.45) is 11.5. The molecule has 5 nitrogen and oxygen atoms in total. The van der Waals surface area contributed by atoms with E-state index in [1.807, 2.05) is 24.5 Å². The van der Waals surface area contributed by atoms with Crippen LogP contribution in [0.1, 0.15) is 44.1 Å². The van der Waals surface area contributed by atoms with Crippen LogP contribution >= 0.6 is 0 Å². The van der Waals surface area contributed by atoms with E-state index >= 15 is 0 Å². The number of nitrogens with zero attached hydrogens (tertiary/aromatic N) is 2. The number of aromatic hydroxyl groups is 1. The maximum Gasteiger partial charge on any atom is 0.159 e. The lowest BCUT2D eigenvalue weighted by atomic mass is 10.1. The van der Waals surface area contributed by atoms with Gasteiger partial charge in [-0.15, -0.1) is 0 Å². The lowest BCUT2D eigenvalue weighted by Crippen LogP contribution is -2.22. The van der Waals surface area contributed by atoms with Gasteiger partial charge in [0.1, 0.15) is 5.75 Å². The summed E-state index contributed by atoms with van der Waals surface area (Å²) in [4.78, 5) is 8.84. The molecular weight excluding hydrogens is 316 g/mol. The number of aromatic nitrogens is 2. The summed E-state index contributed by atoms with van der Waals surface area (Å²) in [7, 11) is 0. The number of unbranched alkanes of at least 4 members (excludes halogenated alkanes) is 2. The second-order valence-corrected chi connectivity index (χ2v) is 6.44. The Labute approximate surface area is 149 Å². The SMILES string of the molecule is Oc1ccc(-c2ncc(CCCCCOC3CCCCO3)cn2)cc1. The van der Waals surface area contributed by atoms with Gasteiger partial charge < -0.3 is 14.6 Å². The molecule has 0 radical (unpaired) electrons. The number of ether oxygens (including phenoxy) is 2. The van der Waals surface area contributed by atoms with Crippen LogP contribution in [0.5, 0.6) is 5.75 Å². The second-order valence-electron chi connectivity index (χ2n) is 6.44. The number of benzene rings is 1. The summed E-state index contributed by atoms with van der Waals surface area (Å²) in [5.41, 5.74) is 2.06. The van der Waals surface area contributed by atoms with E-state index in [0.29, 0.717) is 5.82 Å². The number of hydrogen-bond donors (Lipinski definition) is 1. The third-order valence-corrected chi connectivity index (χ3v) is 4.38. The van der Waals surface area contributed by atoms with Crippen LogP contribution in [0.4, 0.5) is 0 Å². The van der Waals surface area contributed by atoms with Crippen LogP contribution in [0.3, 0.4) is 0 Å². The van der Waals surface area contributed by atoms with Gasteiger partial charge in [-0.05, 0) is 68.4 Å². The molecule has 0 saturated carbocycles. The minimum atomic E-state index is 0.0228. The average molecular weight is 342 g/mol. The van der Waals surface area contributed by atoms with Gasteiger partial charge in [0.05, 0.1) is 0 Å². The first-order chi connectivity index (χ1) is 12.3. The summed E-state index contributed by atoms with van der Waals surface area (Å²) in [6, 6.07) is 6.93. The van der Waals surface area contributed by atoms with Crippen molar-refractivity contribution in [2.75, 3.05) is 13.2 Å². The molecule has 1 N–H and O–H groups in total. The van der Waals surface area contributed by atoms with Gasteiger partial charge in [0.2, 0.25) is 0 Å². The highest BCUT2D eigenvalue weighted by Crippen LogP contribution is 2.18. The van der Waals surface area contributed by atoms with Crippen molar-refractivity contribution in [2.24, 2.45) is 0 Å². The molecule has 134 valence electrons. The lowest BCUT2D eigenvalue weighted by Gasteiger charge is -2.22. The number of phenols is 1. The predicted molar refractivity (Wildman–Crippen MR) is 96.2 cm³/mol. The fourth-order valence-corrected chi connectivity index (χ4v) is 2.91. The normalized spacial score (nSPS) is 17.5. The molecular formula is C20H26N2O3. The Morgan fingerprint density at radius 1 is 1.04 bits per heavy atom. The predicted octanol–water partition coefficient (Wildman–Crippen LogP) is 4.11. The molecule has 0 aliphatic carbocycles. The molecule has 25 heavy (non-hydrogen) atoms.